The Kier molecular flexibility index (Phi) is 5.74. The van der Waals surface area contributed by atoms with Gasteiger partial charge in [-0.15, -0.1) is 0 Å². The second-order valence-electron chi connectivity index (χ2n) is 8.21. The molecule has 2 aliphatic heterocycles. The van der Waals surface area contributed by atoms with Crippen molar-refractivity contribution in [2.24, 2.45) is 0 Å². The summed E-state index contributed by atoms with van der Waals surface area (Å²) in [5.74, 6) is -1.18. The molecule has 1 atom stereocenters. The first-order chi connectivity index (χ1) is 16.4. The number of aryl methyl sites for hydroxylation is 1. The van der Waals surface area contributed by atoms with Gasteiger partial charge in [-0.2, -0.15) is 0 Å². The molecule has 10 heteroatoms. The minimum Gasteiger partial charge on any atom is -0.497 e. The molecule has 1 aromatic heterocycles. The fourth-order valence-corrected chi connectivity index (χ4v) is 5.19. The molecule has 2 aliphatic rings. The van der Waals surface area contributed by atoms with E-state index in [2.05, 4.69) is 15.6 Å². The van der Waals surface area contributed by atoms with Crippen LogP contribution in [0.25, 0.3) is 10.2 Å². The number of nitrogens with zero attached hydrogens (tertiary/aromatic N) is 2. The van der Waals surface area contributed by atoms with E-state index in [4.69, 9.17) is 4.74 Å². The lowest BCUT2D eigenvalue weighted by Crippen LogP contribution is -2.54. The number of hydrogen-bond donors (Lipinski definition) is 2. The fourth-order valence-electron chi connectivity index (χ4n) is 4.27. The second-order valence-corrected chi connectivity index (χ2v) is 9.24. The zero-order valence-corrected chi connectivity index (χ0v) is 19.2. The molecular formula is C24H22N4O5S. The smallest absolute Gasteiger partial charge is 0.262 e. The molecule has 0 radical (unpaired) electrons. The van der Waals surface area contributed by atoms with Gasteiger partial charge in [0.25, 0.3) is 11.8 Å². The average Bonchev–Trinajstić information content (AvgIpc) is 3.34. The topological polar surface area (TPSA) is 118 Å². The number of ether oxygens (including phenoxy) is 1. The lowest BCUT2D eigenvalue weighted by atomic mass is 10.0. The van der Waals surface area contributed by atoms with Gasteiger partial charge >= 0.3 is 0 Å². The van der Waals surface area contributed by atoms with Crippen molar-refractivity contribution in [1.29, 1.82) is 0 Å². The summed E-state index contributed by atoms with van der Waals surface area (Å²) < 4.78 is 6.30. The predicted molar refractivity (Wildman–Crippen MR) is 126 cm³/mol. The summed E-state index contributed by atoms with van der Waals surface area (Å²) in [4.78, 5) is 54.9. The van der Waals surface area contributed by atoms with E-state index >= 15 is 0 Å². The summed E-state index contributed by atoms with van der Waals surface area (Å²) in [7, 11) is 1.64. The number of aromatic nitrogens is 1. The molecule has 174 valence electrons. The van der Waals surface area contributed by atoms with E-state index in [1.165, 1.54) is 0 Å². The van der Waals surface area contributed by atoms with Crippen molar-refractivity contribution < 1.29 is 23.9 Å². The predicted octanol–water partition coefficient (Wildman–Crippen LogP) is 2.75. The fraction of sp³-hybridized carbons (Fsp3) is 0.292. The van der Waals surface area contributed by atoms with E-state index in [0.29, 0.717) is 24.1 Å². The summed E-state index contributed by atoms with van der Waals surface area (Å²) in [6, 6.07) is 10.0. The highest BCUT2D eigenvalue weighted by Gasteiger charge is 2.44. The SMILES string of the molecule is COc1ccc2nc(NCCCc3ccc4c(c3)C(=O)N(C3CCC(=O)NC3=O)C4=O)sc2c1. The summed E-state index contributed by atoms with van der Waals surface area (Å²) in [5, 5.41) is 6.37. The van der Waals surface area contributed by atoms with Crippen LogP contribution in [0.3, 0.4) is 0 Å². The number of thiazole rings is 1. The van der Waals surface area contributed by atoms with Crippen LogP contribution in [0.2, 0.25) is 0 Å². The summed E-state index contributed by atoms with van der Waals surface area (Å²) in [6.07, 6.45) is 1.76. The lowest BCUT2D eigenvalue weighted by Gasteiger charge is -2.27. The number of nitrogens with one attached hydrogen (secondary N) is 2. The summed E-state index contributed by atoms with van der Waals surface area (Å²) in [6.45, 7) is 0.698. The van der Waals surface area contributed by atoms with Gasteiger partial charge < -0.3 is 10.1 Å². The van der Waals surface area contributed by atoms with Crippen molar-refractivity contribution in [2.45, 2.75) is 31.7 Å². The Morgan fingerprint density at radius 3 is 2.74 bits per heavy atom. The van der Waals surface area contributed by atoms with Crippen molar-refractivity contribution in [2.75, 3.05) is 19.0 Å². The van der Waals surface area contributed by atoms with E-state index in [0.717, 1.165) is 38.0 Å². The number of carbonyl (C=O) groups is 4. The van der Waals surface area contributed by atoms with Gasteiger partial charge in [0, 0.05) is 13.0 Å². The van der Waals surface area contributed by atoms with Gasteiger partial charge in [0.2, 0.25) is 11.8 Å². The van der Waals surface area contributed by atoms with Crippen LogP contribution in [0, 0.1) is 0 Å². The molecule has 1 fully saturated rings. The van der Waals surface area contributed by atoms with Crippen LogP contribution in [-0.2, 0) is 16.0 Å². The third-order valence-electron chi connectivity index (χ3n) is 6.02. The number of imide groups is 2. The molecule has 1 saturated heterocycles. The van der Waals surface area contributed by atoms with Gasteiger partial charge in [-0.25, -0.2) is 4.98 Å². The number of methoxy groups -OCH3 is 1. The normalized spacial score (nSPS) is 17.8. The van der Waals surface area contributed by atoms with Crippen molar-refractivity contribution in [3.63, 3.8) is 0 Å². The molecule has 0 spiro atoms. The Morgan fingerprint density at radius 2 is 1.94 bits per heavy atom. The van der Waals surface area contributed by atoms with Crippen molar-refractivity contribution >= 4 is 50.3 Å². The summed E-state index contributed by atoms with van der Waals surface area (Å²) in [5.41, 5.74) is 2.44. The minimum absolute atomic E-state index is 0.101. The van der Waals surface area contributed by atoms with Gasteiger partial charge in [-0.3, -0.25) is 29.4 Å². The number of amides is 4. The number of piperidine rings is 1. The third-order valence-corrected chi connectivity index (χ3v) is 6.99. The van der Waals surface area contributed by atoms with Crippen LogP contribution in [0.5, 0.6) is 5.75 Å². The number of anilines is 1. The van der Waals surface area contributed by atoms with Gasteiger partial charge in [-0.1, -0.05) is 17.4 Å². The third kappa shape index (κ3) is 4.01. The van der Waals surface area contributed by atoms with Gasteiger partial charge in [0.1, 0.15) is 11.8 Å². The number of hydrogen-bond acceptors (Lipinski definition) is 8. The molecule has 1 unspecified atom stereocenters. The first-order valence-corrected chi connectivity index (χ1v) is 11.8. The number of rotatable bonds is 7. The zero-order valence-electron chi connectivity index (χ0n) is 18.4. The lowest BCUT2D eigenvalue weighted by molar-refractivity contribution is -0.136. The maximum absolute atomic E-state index is 12.9. The maximum atomic E-state index is 12.9. The van der Waals surface area contributed by atoms with Crippen LogP contribution in [0.15, 0.2) is 36.4 Å². The van der Waals surface area contributed by atoms with Crippen LogP contribution < -0.4 is 15.4 Å². The monoisotopic (exact) mass is 478 g/mol. The molecule has 0 bridgehead atoms. The quantitative estimate of drug-likeness (QED) is 0.396. The number of fused-ring (bicyclic) bond motifs is 2. The zero-order chi connectivity index (χ0) is 23.8. The van der Waals surface area contributed by atoms with E-state index in [-0.39, 0.29) is 18.7 Å². The first-order valence-electron chi connectivity index (χ1n) is 11.0. The highest BCUT2D eigenvalue weighted by molar-refractivity contribution is 7.22. The Morgan fingerprint density at radius 1 is 1.12 bits per heavy atom. The van der Waals surface area contributed by atoms with Crippen molar-refractivity contribution in [3.05, 3.63) is 53.1 Å². The standard InChI is InChI=1S/C24H22N4O5S/c1-33-14-5-7-17-19(12-14)34-24(26-17)25-10-2-3-13-4-6-15-16(11-13)23(32)28(22(15)31)18-8-9-20(29)27-21(18)30/h4-7,11-12,18H,2-3,8-10H2,1H3,(H,25,26)(H,27,29,30). The van der Waals surface area contributed by atoms with Crippen LogP contribution in [0.1, 0.15) is 45.5 Å². The summed E-state index contributed by atoms with van der Waals surface area (Å²) >= 11 is 1.56. The van der Waals surface area contributed by atoms with Gasteiger partial charge in [0.05, 0.1) is 28.5 Å². The van der Waals surface area contributed by atoms with Crippen molar-refractivity contribution in [1.82, 2.24) is 15.2 Å². The second kappa shape index (κ2) is 8.86. The van der Waals surface area contributed by atoms with Crippen LogP contribution >= 0.6 is 11.3 Å². The molecule has 5 rings (SSSR count). The van der Waals surface area contributed by atoms with Gasteiger partial charge in [-0.05, 0) is 55.2 Å². The Labute approximate surface area is 199 Å². The Bertz CT molecular complexity index is 1330. The van der Waals surface area contributed by atoms with E-state index in [1.807, 2.05) is 24.3 Å². The molecule has 9 nitrogen and oxygen atoms in total. The van der Waals surface area contributed by atoms with E-state index < -0.39 is 23.8 Å². The van der Waals surface area contributed by atoms with Gasteiger partial charge in [0.15, 0.2) is 5.13 Å². The van der Waals surface area contributed by atoms with E-state index in [9.17, 15) is 19.2 Å². The van der Waals surface area contributed by atoms with E-state index in [1.54, 1.807) is 30.6 Å². The molecule has 34 heavy (non-hydrogen) atoms. The molecule has 3 aromatic rings. The molecule has 2 aromatic carbocycles. The first kappa shape index (κ1) is 22.0. The van der Waals surface area contributed by atoms with Crippen molar-refractivity contribution in [3.8, 4) is 5.75 Å². The largest absolute Gasteiger partial charge is 0.497 e. The number of carbonyl (C=O) groups excluding carboxylic acids is 4. The molecule has 3 heterocycles. The molecule has 2 N–H and O–H groups in total. The Hall–Kier alpha value is -3.79. The Balaban J connectivity index is 1.21. The van der Waals surface area contributed by atoms with Crippen LogP contribution in [0.4, 0.5) is 5.13 Å². The molecule has 4 amide bonds. The molecular weight excluding hydrogens is 456 g/mol. The number of benzene rings is 2. The highest BCUT2D eigenvalue weighted by Crippen LogP contribution is 2.30. The molecule has 0 aliphatic carbocycles. The van der Waals surface area contributed by atoms with Crippen LogP contribution in [-0.4, -0.2) is 53.2 Å². The maximum Gasteiger partial charge on any atom is 0.262 e. The molecule has 0 saturated carbocycles. The highest BCUT2D eigenvalue weighted by atomic mass is 32.1. The average molecular weight is 479 g/mol. The minimum atomic E-state index is -0.952.